The molecule has 1 unspecified atom stereocenters. The molecule has 0 aliphatic heterocycles. The van der Waals surface area contributed by atoms with Crippen molar-refractivity contribution in [3.05, 3.63) is 165 Å². The highest BCUT2D eigenvalue weighted by molar-refractivity contribution is 7.93. The smallest absolute Gasteiger partial charge is 0.337 e. The second-order valence-corrected chi connectivity index (χ2v) is 16.2. The molecule has 59 heavy (non-hydrogen) atoms. The van der Waals surface area contributed by atoms with Crippen LogP contribution in [0.4, 0.5) is 11.4 Å². The Morgan fingerprint density at radius 3 is 2.27 bits per heavy atom. The molecule has 308 valence electrons. The molecule has 0 bridgehead atoms. The van der Waals surface area contributed by atoms with Crippen LogP contribution in [0.5, 0.6) is 5.75 Å². The number of carbonyl (C=O) groups excluding carboxylic acids is 2. The number of anilines is 1. The van der Waals surface area contributed by atoms with Gasteiger partial charge in [0.15, 0.2) is 4.90 Å². The minimum absolute atomic E-state index is 0.0422. The largest absolute Gasteiger partial charge is 0.489 e. The van der Waals surface area contributed by atoms with E-state index in [0.29, 0.717) is 23.2 Å². The van der Waals surface area contributed by atoms with Gasteiger partial charge in [-0.3, -0.25) is 24.1 Å². The van der Waals surface area contributed by atoms with Crippen LogP contribution in [0.3, 0.4) is 0 Å². The lowest BCUT2D eigenvalue weighted by atomic mass is 9.85. The lowest BCUT2D eigenvalue weighted by molar-refractivity contribution is -0.387. The number of carbonyl (C=O) groups is 2. The van der Waals surface area contributed by atoms with Gasteiger partial charge in [0.1, 0.15) is 12.4 Å². The van der Waals surface area contributed by atoms with Crippen LogP contribution in [-0.4, -0.2) is 57.5 Å². The van der Waals surface area contributed by atoms with Crippen molar-refractivity contribution < 1.29 is 37.1 Å². The second kappa shape index (κ2) is 20.1. The van der Waals surface area contributed by atoms with Crippen molar-refractivity contribution in [2.75, 3.05) is 31.6 Å². The third kappa shape index (κ3) is 10.7. The van der Waals surface area contributed by atoms with Gasteiger partial charge in [0.2, 0.25) is 0 Å². The van der Waals surface area contributed by atoms with Crippen LogP contribution in [0.15, 0.2) is 126 Å². The molecule has 5 aromatic rings. The number of aryl methyl sites for hydroxylation is 1. The number of unbranched alkanes of at least 4 members (excludes halogenated alkanes) is 1. The van der Waals surface area contributed by atoms with Crippen LogP contribution in [0.1, 0.15) is 76.3 Å². The predicted octanol–water partition coefficient (Wildman–Crippen LogP) is 8.62. The Labute approximate surface area is 345 Å². The molecule has 0 N–H and O–H groups in total. The van der Waals surface area contributed by atoms with Gasteiger partial charge in [-0.05, 0) is 109 Å². The average Bonchev–Trinajstić information content (AvgIpc) is 3.27. The molecule has 1 aliphatic carbocycles. The highest BCUT2D eigenvalue weighted by atomic mass is 32.2. The number of methoxy groups -OCH3 is 2. The maximum Gasteiger partial charge on any atom is 0.337 e. The van der Waals surface area contributed by atoms with Crippen LogP contribution >= 0.6 is 0 Å². The number of sulfonamides is 1. The summed E-state index contributed by atoms with van der Waals surface area (Å²) in [5.74, 6) is 0.204. The number of ether oxygens (including phenoxy) is 3. The fraction of sp³-hybridized carbons (Fsp3) is 0.304. The van der Waals surface area contributed by atoms with Crippen molar-refractivity contribution in [3.63, 3.8) is 0 Å². The maximum absolute atomic E-state index is 14.0. The normalized spacial score (nSPS) is 13.6. The van der Waals surface area contributed by atoms with E-state index in [1.165, 1.54) is 48.4 Å². The van der Waals surface area contributed by atoms with Crippen LogP contribution in [0.25, 0.3) is 0 Å². The van der Waals surface area contributed by atoms with E-state index in [9.17, 15) is 28.1 Å². The number of hydrogen-bond donors (Lipinski definition) is 0. The Hall–Kier alpha value is -6.05. The molecule has 0 saturated carbocycles. The van der Waals surface area contributed by atoms with Gasteiger partial charge in [-0.2, -0.15) is 0 Å². The molecule has 0 amide bonds. The van der Waals surface area contributed by atoms with Crippen molar-refractivity contribution in [2.45, 2.75) is 69.0 Å². The third-order valence-corrected chi connectivity index (χ3v) is 12.5. The number of hydrogen-bond acceptors (Lipinski definition) is 10. The van der Waals surface area contributed by atoms with E-state index in [1.54, 1.807) is 30.3 Å². The summed E-state index contributed by atoms with van der Waals surface area (Å²) in [5, 5.41) is 11.8. The summed E-state index contributed by atoms with van der Waals surface area (Å²) in [7, 11) is -1.51. The van der Waals surface area contributed by atoms with Gasteiger partial charge < -0.3 is 14.2 Å². The number of para-hydroxylation sites is 3. The first-order valence-electron chi connectivity index (χ1n) is 19.7. The van der Waals surface area contributed by atoms with Gasteiger partial charge in [-0.1, -0.05) is 78.9 Å². The Kier molecular flexibility index (Phi) is 14.5. The molecule has 0 heterocycles. The Balaban J connectivity index is 1.15. The van der Waals surface area contributed by atoms with Gasteiger partial charge in [-0.15, -0.1) is 0 Å². The van der Waals surface area contributed by atoms with Gasteiger partial charge in [0.05, 0.1) is 36.9 Å². The SMILES string of the molecule is COC(=O)CCCCN(CCc1ccccc1OCc1ccc(CN(c2ccccc2)S(=O)(=O)c2ccccc2[N+](=O)[O-])cc1)C1CCCc2cc(C(=O)OC)ccc21. The van der Waals surface area contributed by atoms with E-state index in [4.69, 9.17) is 14.2 Å². The zero-order chi connectivity index (χ0) is 41.8. The highest BCUT2D eigenvalue weighted by Gasteiger charge is 2.32. The number of nitro groups is 1. The molecule has 12 nitrogen and oxygen atoms in total. The zero-order valence-corrected chi connectivity index (χ0v) is 34.1. The molecule has 6 rings (SSSR count). The minimum atomic E-state index is -4.31. The van der Waals surface area contributed by atoms with Crippen LogP contribution in [-0.2, 0) is 50.3 Å². The molecule has 0 spiro atoms. The molecule has 1 atom stereocenters. The molecule has 13 heteroatoms. The number of rotatable bonds is 19. The topological polar surface area (TPSA) is 146 Å². The first-order chi connectivity index (χ1) is 28.6. The summed E-state index contributed by atoms with van der Waals surface area (Å²) in [4.78, 5) is 37.3. The number of nitrogens with zero attached hydrogens (tertiary/aromatic N) is 3. The van der Waals surface area contributed by atoms with Gasteiger partial charge in [0, 0.05) is 25.1 Å². The summed E-state index contributed by atoms with van der Waals surface area (Å²) >= 11 is 0. The van der Waals surface area contributed by atoms with E-state index >= 15 is 0 Å². The third-order valence-electron chi connectivity index (χ3n) is 10.7. The van der Waals surface area contributed by atoms with E-state index in [2.05, 4.69) is 17.0 Å². The van der Waals surface area contributed by atoms with Gasteiger partial charge in [0.25, 0.3) is 15.7 Å². The quantitative estimate of drug-likeness (QED) is 0.0344. The minimum Gasteiger partial charge on any atom is -0.489 e. The monoisotopic (exact) mass is 819 g/mol. The molecular formula is C46H49N3O9S. The summed E-state index contributed by atoms with van der Waals surface area (Å²) in [6, 6.07) is 35.3. The zero-order valence-electron chi connectivity index (χ0n) is 33.3. The number of nitro benzene ring substituents is 1. The van der Waals surface area contributed by atoms with E-state index in [0.717, 1.165) is 74.1 Å². The summed E-state index contributed by atoms with van der Waals surface area (Å²) in [6.07, 6.45) is 5.52. The average molecular weight is 820 g/mol. The van der Waals surface area contributed by atoms with E-state index < -0.39 is 20.6 Å². The lowest BCUT2D eigenvalue weighted by Crippen LogP contribution is -2.34. The molecule has 0 radical (unpaired) electrons. The number of esters is 2. The van der Waals surface area contributed by atoms with Crippen LogP contribution in [0.2, 0.25) is 0 Å². The van der Waals surface area contributed by atoms with Gasteiger partial charge >= 0.3 is 11.9 Å². The van der Waals surface area contributed by atoms with Crippen LogP contribution in [0, 0.1) is 10.1 Å². The number of benzene rings is 5. The Morgan fingerprint density at radius 1 is 0.814 bits per heavy atom. The number of fused-ring (bicyclic) bond motifs is 1. The van der Waals surface area contributed by atoms with Crippen molar-refractivity contribution >= 4 is 33.3 Å². The Morgan fingerprint density at radius 2 is 1.53 bits per heavy atom. The standard InChI is InChI=1S/C46H49N3O9S/c1-56-45(50)21-10-11-29-47(41-18-12-14-37-31-38(46(51)57-2)26-27-40(37)41)30-28-36-13-6-8-19-43(36)58-33-35-24-22-34(23-25-35)32-48(39-15-4-3-5-16-39)59(54,55)44-20-9-7-17-42(44)49(52)53/h3-9,13,15-17,19-20,22-27,31,41H,10-12,14,18,21,28-30,32-33H2,1-2H3. The first kappa shape index (κ1) is 42.6. The summed E-state index contributed by atoms with van der Waals surface area (Å²) in [6.45, 7) is 1.78. The van der Waals surface area contributed by atoms with E-state index in [-0.39, 0.29) is 36.0 Å². The highest BCUT2D eigenvalue weighted by Crippen LogP contribution is 2.36. The van der Waals surface area contributed by atoms with E-state index in [1.807, 2.05) is 54.6 Å². The molecule has 0 saturated heterocycles. The second-order valence-electron chi connectivity index (χ2n) is 14.4. The molecule has 1 aliphatic rings. The Bertz CT molecular complexity index is 2340. The van der Waals surface area contributed by atoms with Crippen molar-refractivity contribution in [1.82, 2.24) is 4.90 Å². The van der Waals surface area contributed by atoms with Gasteiger partial charge in [-0.25, -0.2) is 13.2 Å². The molecule has 0 fully saturated rings. The van der Waals surface area contributed by atoms with Crippen LogP contribution < -0.4 is 9.04 Å². The molecular weight excluding hydrogens is 771 g/mol. The maximum atomic E-state index is 14.0. The van der Waals surface area contributed by atoms with Crippen molar-refractivity contribution in [2.24, 2.45) is 0 Å². The molecule has 5 aromatic carbocycles. The van der Waals surface area contributed by atoms with Crippen molar-refractivity contribution in [1.29, 1.82) is 0 Å². The molecule has 0 aromatic heterocycles. The van der Waals surface area contributed by atoms with Crippen molar-refractivity contribution in [3.8, 4) is 5.75 Å². The predicted molar refractivity (Wildman–Crippen MR) is 225 cm³/mol. The summed E-state index contributed by atoms with van der Waals surface area (Å²) < 4.78 is 45.4. The fourth-order valence-electron chi connectivity index (χ4n) is 7.56. The lowest BCUT2D eigenvalue weighted by Gasteiger charge is -2.36. The first-order valence-corrected chi connectivity index (χ1v) is 21.1. The summed E-state index contributed by atoms with van der Waals surface area (Å²) in [5.41, 5.74) is 5.46. The fourth-order valence-corrected chi connectivity index (χ4v) is 9.17.